The molecule has 2 aromatic rings. The van der Waals surface area contributed by atoms with Crippen molar-refractivity contribution in [2.45, 2.75) is 38.5 Å². The van der Waals surface area contributed by atoms with Crippen LogP contribution in [0, 0.1) is 0 Å². The zero-order valence-electron chi connectivity index (χ0n) is 11.3. The molecule has 1 aliphatic rings. The standard InChI is InChI=1S/C16H22N2/c1-11(2)13-4-3-5-15-14(13)10-16(18-15)12-6-8-17-9-7-12/h3-5,10-12,17-18H,6-9H2,1-2H3. The minimum atomic E-state index is 0.588. The maximum Gasteiger partial charge on any atom is 0.0459 e. The van der Waals surface area contributed by atoms with Crippen LogP contribution in [0.15, 0.2) is 24.3 Å². The van der Waals surface area contributed by atoms with Crippen molar-refractivity contribution in [2.24, 2.45) is 0 Å². The number of H-pyrrole nitrogens is 1. The van der Waals surface area contributed by atoms with Gasteiger partial charge in [-0.2, -0.15) is 0 Å². The van der Waals surface area contributed by atoms with Crippen molar-refractivity contribution < 1.29 is 0 Å². The predicted molar refractivity (Wildman–Crippen MR) is 77.2 cm³/mol. The summed E-state index contributed by atoms with van der Waals surface area (Å²) in [5, 5.41) is 4.85. The molecule has 18 heavy (non-hydrogen) atoms. The molecule has 0 unspecified atom stereocenters. The fourth-order valence-electron chi connectivity index (χ4n) is 3.06. The van der Waals surface area contributed by atoms with Crippen molar-refractivity contribution in [3.05, 3.63) is 35.5 Å². The summed E-state index contributed by atoms with van der Waals surface area (Å²) in [5.41, 5.74) is 4.19. The van der Waals surface area contributed by atoms with Gasteiger partial charge in [0.2, 0.25) is 0 Å². The molecule has 1 fully saturated rings. The lowest BCUT2D eigenvalue weighted by Gasteiger charge is -2.21. The predicted octanol–water partition coefficient (Wildman–Crippen LogP) is 3.76. The van der Waals surface area contributed by atoms with Crippen LogP contribution in [0.4, 0.5) is 0 Å². The third kappa shape index (κ3) is 2.05. The summed E-state index contributed by atoms with van der Waals surface area (Å²) >= 11 is 0. The molecule has 1 aliphatic heterocycles. The first-order valence-corrected chi connectivity index (χ1v) is 7.08. The Morgan fingerprint density at radius 3 is 2.67 bits per heavy atom. The highest BCUT2D eigenvalue weighted by Gasteiger charge is 2.18. The van der Waals surface area contributed by atoms with Crippen molar-refractivity contribution in [3.8, 4) is 0 Å². The van der Waals surface area contributed by atoms with Gasteiger partial charge in [0, 0.05) is 22.5 Å². The lowest BCUT2D eigenvalue weighted by atomic mass is 9.94. The summed E-state index contributed by atoms with van der Waals surface area (Å²) in [4.78, 5) is 3.63. The zero-order chi connectivity index (χ0) is 12.5. The molecule has 2 heteroatoms. The fraction of sp³-hybridized carbons (Fsp3) is 0.500. The second-order valence-electron chi connectivity index (χ2n) is 5.71. The van der Waals surface area contributed by atoms with E-state index in [1.807, 2.05) is 0 Å². The summed E-state index contributed by atoms with van der Waals surface area (Å²) in [7, 11) is 0. The summed E-state index contributed by atoms with van der Waals surface area (Å²) < 4.78 is 0. The Hall–Kier alpha value is -1.28. The normalized spacial score (nSPS) is 17.7. The third-order valence-electron chi connectivity index (χ3n) is 4.12. The van der Waals surface area contributed by atoms with Crippen molar-refractivity contribution in [1.29, 1.82) is 0 Å². The molecule has 0 saturated carbocycles. The minimum absolute atomic E-state index is 0.588. The second kappa shape index (κ2) is 4.77. The van der Waals surface area contributed by atoms with Gasteiger partial charge in [0.1, 0.15) is 0 Å². The quantitative estimate of drug-likeness (QED) is 0.824. The van der Waals surface area contributed by atoms with E-state index in [9.17, 15) is 0 Å². The Morgan fingerprint density at radius 2 is 1.94 bits per heavy atom. The number of rotatable bonds is 2. The number of aromatic nitrogens is 1. The molecule has 0 amide bonds. The Balaban J connectivity index is 2.02. The molecular formula is C16H22N2. The van der Waals surface area contributed by atoms with Gasteiger partial charge in [0.15, 0.2) is 0 Å². The Bertz CT molecular complexity index is 533. The van der Waals surface area contributed by atoms with Crippen LogP contribution in [0.2, 0.25) is 0 Å². The first kappa shape index (κ1) is 11.8. The maximum atomic E-state index is 3.63. The van der Waals surface area contributed by atoms with Gasteiger partial charge in [-0.05, 0) is 49.5 Å². The van der Waals surface area contributed by atoms with E-state index < -0.39 is 0 Å². The van der Waals surface area contributed by atoms with E-state index in [1.165, 1.54) is 35.0 Å². The molecule has 1 aromatic carbocycles. The molecule has 2 N–H and O–H groups in total. The lowest BCUT2D eigenvalue weighted by Crippen LogP contribution is -2.26. The van der Waals surface area contributed by atoms with Crippen molar-refractivity contribution in [3.63, 3.8) is 0 Å². The SMILES string of the molecule is CC(C)c1cccc2[nH]c(C3CCNCC3)cc12. The highest BCUT2D eigenvalue weighted by molar-refractivity contribution is 5.84. The average molecular weight is 242 g/mol. The number of piperidine rings is 1. The van der Waals surface area contributed by atoms with Crippen molar-refractivity contribution in [1.82, 2.24) is 10.3 Å². The van der Waals surface area contributed by atoms with Gasteiger partial charge >= 0.3 is 0 Å². The molecule has 1 aromatic heterocycles. The van der Waals surface area contributed by atoms with E-state index in [2.05, 4.69) is 48.4 Å². The first-order valence-electron chi connectivity index (χ1n) is 7.08. The van der Waals surface area contributed by atoms with Gasteiger partial charge in [-0.3, -0.25) is 0 Å². The van der Waals surface area contributed by atoms with Crippen LogP contribution in [-0.2, 0) is 0 Å². The third-order valence-corrected chi connectivity index (χ3v) is 4.12. The van der Waals surface area contributed by atoms with E-state index in [0.29, 0.717) is 11.8 Å². The van der Waals surface area contributed by atoms with E-state index in [4.69, 9.17) is 0 Å². The highest BCUT2D eigenvalue weighted by atomic mass is 14.9. The number of hydrogen-bond acceptors (Lipinski definition) is 1. The molecule has 0 radical (unpaired) electrons. The molecule has 2 nitrogen and oxygen atoms in total. The highest BCUT2D eigenvalue weighted by Crippen LogP contribution is 2.31. The van der Waals surface area contributed by atoms with E-state index >= 15 is 0 Å². The molecule has 2 heterocycles. The van der Waals surface area contributed by atoms with Crippen LogP contribution < -0.4 is 5.32 Å². The van der Waals surface area contributed by atoms with E-state index in [1.54, 1.807) is 0 Å². The number of nitrogens with one attached hydrogen (secondary N) is 2. The molecule has 3 rings (SSSR count). The summed E-state index contributed by atoms with van der Waals surface area (Å²) in [6, 6.07) is 9.01. The van der Waals surface area contributed by atoms with Gasteiger partial charge < -0.3 is 10.3 Å². The monoisotopic (exact) mass is 242 g/mol. The van der Waals surface area contributed by atoms with Gasteiger partial charge in [0.25, 0.3) is 0 Å². The zero-order valence-corrected chi connectivity index (χ0v) is 11.3. The Labute approximate surface area is 109 Å². The molecular weight excluding hydrogens is 220 g/mol. The summed E-state index contributed by atoms with van der Waals surface area (Å²) in [5.74, 6) is 1.30. The van der Waals surface area contributed by atoms with E-state index in [0.717, 1.165) is 13.1 Å². The van der Waals surface area contributed by atoms with Crippen LogP contribution >= 0.6 is 0 Å². The summed E-state index contributed by atoms with van der Waals surface area (Å²) in [6.45, 7) is 6.84. The molecule has 96 valence electrons. The topological polar surface area (TPSA) is 27.8 Å². The fourth-order valence-corrected chi connectivity index (χ4v) is 3.06. The molecule has 0 bridgehead atoms. The molecule has 0 aliphatic carbocycles. The minimum Gasteiger partial charge on any atom is -0.358 e. The van der Waals surface area contributed by atoms with Crippen LogP contribution in [0.25, 0.3) is 10.9 Å². The van der Waals surface area contributed by atoms with Gasteiger partial charge in [-0.1, -0.05) is 26.0 Å². The van der Waals surface area contributed by atoms with Crippen LogP contribution in [-0.4, -0.2) is 18.1 Å². The Morgan fingerprint density at radius 1 is 1.17 bits per heavy atom. The second-order valence-corrected chi connectivity index (χ2v) is 5.71. The molecule has 0 atom stereocenters. The van der Waals surface area contributed by atoms with Gasteiger partial charge in [0.05, 0.1) is 0 Å². The number of hydrogen-bond donors (Lipinski definition) is 2. The smallest absolute Gasteiger partial charge is 0.0459 e. The average Bonchev–Trinajstić information content (AvgIpc) is 2.83. The summed E-state index contributed by atoms with van der Waals surface area (Å²) in [6.07, 6.45) is 2.51. The molecule has 0 spiro atoms. The Kier molecular flexibility index (Phi) is 3.13. The van der Waals surface area contributed by atoms with Crippen molar-refractivity contribution >= 4 is 10.9 Å². The largest absolute Gasteiger partial charge is 0.358 e. The van der Waals surface area contributed by atoms with Crippen LogP contribution in [0.3, 0.4) is 0 Å². The van der Waals surface area contributed by atoms with Crippen molar-refractivity contribution in [2.75, 3.05) is 13.1 Å². The number of aromatic amines is 1. The first-order chi connectivity index (χ1) is 8.75. The van der Waals surface area contributed by atoms with E-state index in [-0.39, 0.29) is 0 Å². The van der Waals surface area contributed by atoms with Gasteiger partial charge in [-0.25, -0.2) is 0 Å². The molecule has 1 saturated heterocycles. The van der Waals surface area contributed by atoms with Crippen LogP contribution in [0.1, 0.15) is 49.8 Å². The van der Waals surface area contributed by atoms with Crippen LogP contribution in [0.5, 0.6) is 0 Å². The van der Waals surface area contributed by atoms with Gasteiger partial charge in [-0.15, -0.1) is 0 Å². The number of fused-ring (bicyclic) bond motifs is 1. The maximum absolute atomic E-state index is 3.63. The number of benzene rings is 1. The lowest BCUT2D eigenvalue weighted by molar-refractivity contribution is 0.455.